The molecular weight excluding hydrogens is 1080 g/mol. The molecule has 2 rings (SSSR count). The van der Waals surface area contributed by atoms with Gasteiger partial charge in [-0.2, -0.15) is 0 Å². The molecule has 2 fully saturated rings. The van der Waals surface area contributed by atoms with Gasteiger partial charge in [-0.3, -0.25) is 62.3 Å². The molecule has 2 aliphatic rings. The molecule has 30 heteroatoms. The summed E-state index contributed by atoms with van der Waals surface area (Å²) in [6.45, 7) is 13.2. The number of nitrogens with zero attached hydrogens (tertiary/aromatic N) is 2. The Labute approximate surface area is 476 Å². The summed E-state index contributed by atoms with van der Waals surface area (Å²) in [6, 6.07) is -14.5. The molecule has 30 nitrogen and oxygen atoms in total. The number of carbonyl (C=O) groups is 14. The molecular formula is C52H87N13O17. The van der Waals surface area contributed by atoms with Crippen LogP contribution >= 0.6 is 0 Å². The summed E-state index contributed by atoms with van der Waals surface area (Å²) in [5.74, 6) is -14.8. The average molecular weight is 1170 g/mol. The molecule has 2 saturated heterocycles. The maximum Gasteiger partial charge on any atom is 0.326 e. The number of hydrogen-bond donors (Lipinski definition) is 14. The zero-order valence-electron chi connectivity index (χ0n) is 48.1. The van der Waals surface area contributed by atoms with E-state index in [0.717, 1.165) is 0 Å². The van der Waals surface area contributed by atoms with Gasteiger partial charge in [0.15, 0.2) is 0 Å². The van der Waals surface area contributed by atoms with Gasteiger partial charge in [0.2, 0.25) is 65.0 Å². The van der Waals surface area contributed by atoms with Crippen LogP contribution in [0.2, 0.25) is 0 Å². The summed E-state index contributed by atoms with van der Waals surface area (Å²) in [7, 11) is 0. The Hall–Kier alpha value is -7.50. The van der Waals surface area contributed by atoms with Crippen LogP contribution in [0, 0.1) is 17.8 Å². The lowest BCUT2D eigenvalue weighted by Crippen LogP contribution is -2.61. The van der Waals surface area contributed by atoms with Gasteiger partial charge < -0.3 is 84.9 Å². The SMILES string of the molecule is CC(C)C[C@H](NC(=O)[C@@H]1CCCN1C(=O)[C@@H](NC(=O)[C@@H]1CCCN1C(=O)[C@H](CCC(=O)O)NC(=O)[C@H](C)NC(=O)[C@H](C)N)C(C)C)C(=O)N[C@H](C(=O)N[C@@H](CCCCN)C(=O)N[C@@H](CCC(N)=O)C(=O)N[C@@H](CC(=O)O)C(=O)O)C(C)C. The predicted molar refractivity (Wildman–Crippen MR) is 291 cm³/mol. The van der Waals surface area contributed by atoms with Crippen LogP contribution in [0.3, 0.4) is 0 Å². The first-order chi connectivity index (χ1) is 38.3. The number of unbranched alkanes of at least 4 members (excludes halogenated alkanes) is 1. The minimum Gasteiger partial charge on any atom is -0.481 e. The van der Waals surface area contributed by atoms with Gasteiger partial charge in [0, 0.05) is 25.9 Å². The van der Waals surface area contributed by atoms with E-state index in [0.29, 0.717) is 19.3 Å². The zero-order valence-corrected chi connectivity index (χ0v) is 48.1. The molecule has 0 saturated carbocycles. The molecule has 0 spiro atoms. The quantitative estimate of drug-likeness (QED) is 0.0273. The largest absolute Gasteiger partial charge is 0.481 e. The topological polar surface area (TPSA) is 480 Å². The third-order valence-electron chi connectivity index (χ3n) is 13.8. The van der Waals surface area contributed by atoms with E-state index in [4.69, 9.17) is 22.3 Å². The van der Waals surface area contributed by atoms with E-state index in [2.05, 4.69) is 37.2 Å². The first kappa shape index (κ1) is 70.6. The van der Waals surface area contributed by atoms with Crippen molar-refractivity contribution >= 4 is 82.9 Å². The summed E-state index contributed by atoms with van der Waals surface area (Å²) in [4.78, 5) is 186. The minimum absolute atomic E-state index is 0.0477. The first-order valence-corrected chi connectivity index (χ1v) is 27.8. The van der Waals surface area contributed by atoms with Crippen LogP contribution in [0.25, 0.3) is 0 Å². The van der Waals surface area contributed by atoms with Crippen LogP contribution in [0.4, 0.5) is 0 Å². The number of carbonyl (C=O) groups excluding carboxylic acids is 11. The number of nitrogens with two attached hydrogens (primary N) is 3. The summed E-state index contributed by atoms with van der Waals surface area (Å²) >= 11 is 0. The van der Waals surface area contributed by atoms with E-state index in [-0.39, 0.29) is 64.1 Å². The van der Waals surface area contributed by atoms with Gasteiger partial charge in [-0.05, 0) is 102 Å². The molecule has 17 N–H and O–H groups in total. The van der Waals surface area contributed by atoms with Gasteiger partial charge in [0.05, 0.1) is 12.5 Å². The second kappa shape index (κ2) is 34.1. The van der Waals surface area contributed by atoms with Gasteiger partial charge in [-0.25, -0.2) is 4.79 Å². The lowest BCUT2D eigenvalue weighted by Gasteiger charge is -2.33. The van der Waals surface area contributed by atoms with Gasteiger partial charge >= 0.3 is 17.9 Å². The zero-order chi connectivity index (χ0) is 62.3. The maximum atomic E-state index is 14.5. The molecule has 0 radical (unpaired) electrons. The van der Waals surface area contributed by atoms with E-state index in [1.807, 2.05) is 5.32 Å². The molecule has 0 aromatic heterocycles. The van der Waals surface area contributed by atoms with Crippen LogP contribution in [-0.4, -0.2) is 194 Å². The highest BCUT2D eigenvalue weighted by atomic mass is 16.4. The molecule has 0 aromatic rings. The van der Waals surface area contributed by atoms with Crippen molar-refractivity contribution in [1.29, 1.82) is 0 Å². The van der Waals surface area contributed by atoms with Gasteiger partial charge in [0.25, 0.3) is 0 Å². The van der Waals surface area contributed by atoms with E-state index in [1.165, 1.54) is 23.6 Å². The average Bonchev–Trinajstić information content (AvgIpc) is 4.26. The van der Waals surface area contributed by atoms with Crippen molar-refractivity contribution < 1.29 is 82.4 Å². The van der Waals surface area contributed by atoms with Gasteiger partial charge in [-0.15, -0.1) is 0 Å². The molecule has 0 aliphatic carbocycles. The molecule has 2 aliphatic heterocycles. The summed E-state index contributed by atoms with van der Waals surface area (Å²) in [5.41, 5.74) is 16.6. The number of likely N-dealkylation sites (tertiary alicyclic amines) is 2. The fourth-order valence-corrected chi connectivity index (χ4v) is 9.24. The number of primary amides is 1. The third-order valence-corrected chi connectivity index (χ3v) is 13.8. The number of amides is 11. The van der Waals surface area contributed by atoms with E-state index >= 15 is 0 Å². The molecule has 11 atom stereocenters. The second-order valence-corrected chi connectivity index (χ2v) is 22.0. The third kappa shape index (κ3) is 22.8. The number of rotatable bonds is 35. The lowest BCUT2D eigenvalue weighted by atomic mass is 9.98. The molecule has 0 aromatic carbocycles. The van der Waals surface area contributed by atoms with E-state index in [1.54, 1.807) is 41.5 Å². The predicted octanol–water partition coefficient (Wildman–Crippen LogP) is -3.61. The Morgan fingerprint density at radius 3 is 1.48 bits per heavy atom. The van der Waals surface area contributed by atoms with Crippen molar-refractivity contribution in [3.8, 4) is 0 Å². The molecule has 0 unspecified atom stereocenters. The number of carboxylic acids is 3. The van der Waals surface area contributed by atoms with Crippen LogP contribution in [0.15, 0.2) is 0 Å². The monoisotopic (exact) mass is 1170 g/mol. The minimum atomic E-state index is -1.91. The molecule has 2 heterocycles. The smallest absolute Gasteiger partial charge is 0.326 e. The van der Waals surface area contributed by atoms with Crippen molar-refractivity contribution in [2.45, 2.75) is 205 Å². The maximum absolute atomic E-state index is 14.5. The van der Waals surface area contributed by atoms with Crippen molar-refractivity contribution in [3.63, 3.8) is 0 Å². The van der Waals surface area contributed by atoms with Crippen molar-refractivity contribution in [2.24, 2.45) is 35.0 Å². The van der Waals surface area contributed by atoms with E-state index in [9.17, 15) is 77.3 Å². The molecule has 0 bridgehead atoms. The fourth-order valence-electron chi connectivity index (χ4n) is 9.24. The molecule has 82 heavy (non-hydrogen) atoms. The van der Waals surface area contributed by atoms with Crippen LogP contribution < -0.4 is 59.7 Å². The van der Waals surface area contributed by atoms with Crippen LogP contribution in [0.5, 0.6) is 0 Å². The Morgan fingerprint density at radius 2 is 0.988 bits per heavy atom. The Balaban J connectivity index is 2.34. The molecule has 11 amide bonds. The summed E-state index contributed by atoms with van der Waals surface area (Å²) in [5, 5.41) is 48.2. The highest BCUT2D eigenvalue weighted by Crippen LogP contribution is 2.24. The number of hydrogen-bond acceptors (Lipinski definition) is 16. The lowest BCUT2D eigenvalue weighted by molar-refractivity contribution is -0.147. The summed E-state index contributed by atoms with van der Waals surface area (Å²) < 4.78 is 0. The Kier molecular flexibility index (Phi) is 29.3. The van der Waals surface area contributed by atoms with Gasteiger partial charge in [-0.1, -0.05) is 41.5 Å². The Morgan fingerprint density at radius 1 is 0.500 bits per heavy atom. The normalized spacial score (nSPS) is 18.3. The van der Waals surface area contributed by atoms with Gasteiger partial charge in [0.1, 0.15) is 60.4 Å². The number of aliphatic carboxylic acids is 3. The fraction of sp³-hybridized carbons (Fsp3) is 0.731. The van der Waals surface area contributed by atoms with Crippen molar-refractivity contribution in [2.75, 3.05) is 19.6 Å². The number of nitrogens with one attached hydrogen (secondary N) is 8. The molecule has 462 valence electrons. The second-order valence-electron chi connectivity index (χ2n) is 22.0. The Bertz CT molecular complexity index is 2320. The summed E-state index contributed by atoms with van der Waals surface area (Å²) in [6.07, 6.45) is -1.04. The highest BCUT2D eigenvalue weighted by molar-refractivity contribution is 5.99. The first-order valence-electron chi connectivity index (χ1n) is 27.8. The van der Waals surface area contributed by atoms with Crippen molar-refractivity contribution in [3.05, 3.63) is 0 Å². The highest BCUT2D eigenvalue weighted by Gasteiger charge is 2.44. The van der Waals surface area contributed by atoms with E-state index < -0.39 is 187 Å². The van der Waals surface area contributed by atoms with Crippen molar-refractivity contribution in [1.82, 2.24) is 52.3 Å². The number of carboxylic acid groups (broad SMARTS) is 3. The van der Waals surface area contributed by atoms with Crippen LogP contribution in [-0.2, 0) is 67.1 Å². The standard InChI is InChI=1S/C52H87N13O17/c1-25(2)23-33(46(75)62-40(26(3)4)49(78)58-30(13-9-10-20-53)44(73)57-31(16-18-37(55)66)45(74)61-34(52(81)82)24-39(69)70)60-47(76)35-14-12-22-65(35)51(80)41(27(5)6)63-48(77)36-15-11-21-64(36)50(79)32(17-19-38(67)68)59-43(72)29(8)56-42(71)28(7)54/h25-36,40-41H,9-24,53-54H2,1-8H3,(H2,55,66)(H,56,71)(H,57,73)(H,58,78)(H,59,72)(H,60,76)(H,61,74)(H,62,75)(H,63,77)(H,67,68)(H,69,70)(H,81,82)/t28-,29-,30-,31-,32-,33-,34-,35-,36-,40-,41-/m0/s1. The van der Waals surface area contributed by atoms with Crippen LogP contribution in [0.1, 0.15) is 139 Å².